The molecular formula is C11H19Cl2N2O3P. The fourth-order valence-corrected chi connectivity index (χ4v) is 3.88. The molecule has 1 aliphatic heterocycles. The van der Waals surface area contributed by atoms with Crippen LogP contribution in [0.3, 0.4) is 0 Å². The van der Waals surface area contributed by atoms with Gasteiger partial charge in [0, 0.05) is 31.4 Å². The summed E-state index contributed by atoms with van der Waals surface area (Å²) in [6.45, 7) is 3.18. The van der Waals surface area contributed by atoms with Crippen LogP contribution in [0.1, 0.15) is 18.4 Å². The molecule has 0 aliphatic carbocycles. The number of hydrogen-bond donors (Lipinski definition) is 2. The van der Waals surface area contributed by atoms with Gasteiger partial charge in [-0.2, -0.15) is 0 Å². The summed E-state index contributed by atoms with van der Waals surface area (Å²) in [4.78, 5) is 14.0. The molecule has 1 aromatic heterocycles. The number of rotatable bonds is 4. The fraction of sp³-hybridized carbons (Fsp3) is 0.545. The third kappa shape index (κ3) is 4.42. The van der Waals surface area contributed by atoms with Gasteiger partial charge >= 0.3 is 7.60 Å². The first-order valence-corrected chi connectivity index (χ1v) is 7.37. The van der Waals surface area contributed by atoms with Gasteiger partial charge in [0.15, 0.2) is 0 Å². The van der Waals surface area contributed by atoms with Crippen LogP contribution in [-0.4, -0.2) is 35.2 Å². The molecule has 19 heavy (non-hydrogen) atoms. The predicted octanol–water partition coefficient (Wildman–Crippen LogP) is 2.20. The molecule has 0 saturated carbocycles. The van der Waals surface area contributed by atoms with E-state index >= 15 is 0 Å². The fourth-order valence-electron chi connectivity index (χ4n) is 2.22. The zero-order chi connectivity index (χ0) is 12.3. The highest BCUT2D eigenvalue weighted by atomic mass is 35.5. The standard InChI is InChI=1S/C11H17N2O3P.2ClH/c1-2-16-17(14,15)11-8-13-7-10(11)9-4-3-5-12-6-9;;/h3-6,10-11,13H,2,7-8H2,1H3,(H,14,15);2*1H. The highest BCUT2D eigenvalue weighted by molar-refractivity contribution is 7.53. The van der Waals surface area contributed by atoms with Crippen LogP contribution in [-0.2, 0) is 9.09 Å². The first-order valence-electron chi connectivity index (χ1n) is 5.73. The van der Waals surface area contributed by atoms with E-state index in [0.29, 0.717) is 13.1 Å². The quantitative estimate of drug-likeness (QED) is 0.829. The minimum atomic E-state index is -3.55. The van der Waals surface area contributed by atoms with Crippen LogP contribution >= 0.6 is 32.4 Å². The Morgan fingerprint density at radius 1 is 1.53 bits per heavy atom. The van der Waals surface area contributed by atoms with Crippen LogP contribution < -0.4 is 5.32 Å². The van der Waals surface area contributed by atoms with Gasteiger partial charge in [-0.1, -0.05) is 6.07 Å². The maximum absolute atomic E-state index is 12.1. The highest BCUT2D eigenvalue weighted by Gasteiger charge is 2.42. The average molecular weight is 329 g/mol. The molecule has 1 aromatic rings. The summed E-state index contributed by atoms with van der Waals surface area (Å²) in [5.41, 5.74) is 0.600. The maximum atomic E-state index is 12.1. The Bertz CT molecular complexity index is 422. The molecule has 1 saturated heterocycles. The lowest BCUT2D eigenvalue weighted by molar-refractivity contribution is 0.263. The molecule has 2 rings (SSSR count). The summed E-state index contributed by atoms with van der Waals surface area (Å²) < 4.78 is 17.1. The first-order chi connectivity index (χ1) is 8.15. The molecule has 0 radical (unpaired) electrons. The number of nitrogens with one attached hydrogen (secondary N) is 1. The predicted molar refractivity (Wildman–Crippen MR) is 79.6 cm³/mol. The largest absolute Gasteiger partial charge is 0.333 e. The second kappa shape index (κ2) is 8.20. The van der Waals surface area contributed by atoms with E-state index in [-0.39, 0.29) is 43.0 Å². The van der Waals surface area contributed by atoms with Crippen molar-refractivity contribution in [1.29, 1.82) is 0 Å². The van der Waals surface area contributed by atoms with Crippen molar-refractivity contribution < 1.29 is 14.0 Å². The summed E-state index contributed by atoms with van der Waals surface area (Å²) in [6, 6.07) is 3.78. The number of nitrogens with zero attached hydrogens (tertiary/aromatic N) is 1. The Kier molecular flexibility index (Phi) is 8.13. The molecule has 0 amide bonds. The molecule has 2 N–H and O–H groups in total. The topological polar surface area (TPSA) is 71.5 Å². The van der Waals surface area contributed by atoms with Crippen LogP contribution in [0.25, 0.3) is 0 Å². The van der Waals surface area contributed by atoms with E-state index in [9.17, 15) is 9.46 Å². The normalized spacial score (nSPS) is 24.9. The second-order valence-electron chi connectivity index (χ2n) is 4.10. The molecular weight excluding hydrogens is 310 g/mol. The summed E-state index contributed by atoms with van der Waals surface area (Å²) in [6.07, 6.45) is 3.44. The van der Waals surface area contributed by atoms with Gasteiger partial charge in [-0.3, -0.25) is 9.55 Å². The lowest BCUT2D eigenvalue weighted by Gasteiger charge is -2.23. The van der Waals surface area contributed by atoms with Gasteiger partial charge in [0.1, 0.15) is 0 Å². The van der Waals surface area contributed by atoms with Crippen molar-refractivity contribution in [3.05, 3.63) is 30.1 Å². The summed E-state index contributed by atoms with van der Waals surface area (Å²) >= 11 is 0. The third-order valence-electron chi connectivity index (χ3n) is 3.03. The molecule has 5 nitrogen and oxygen atoms in total. The van der Waals surface area contributed by atoms with Gasteiger partial charge in [0.2, 0.25) is 0 Å². The van der Waals surface area contributed by atoms with Gasteiger partial charge < -0.3 is 14.7 Å². The van der Waals surface area contributed by atoms with Gasteiger partial charge in [-0.05, 0) is 18.6 Å². The van der Waals surface area contributed by atoms with E-state index in [2.05, 4.69) is 10.3 Å². The second-order valence-corrected chi connectivity index (χ2v) is 6.15. The summed E-state index contributed by atoms with van der Waals surface area (Å²) in [5, 5.41) is 3.15. The number of hydrogen-bond acceptors (Lipinski definition) is 4. The van der Waals surface area contributed by atoms with Crippen molar-refractivity contribution in [1.82, 2.24) is 10.3 Å². The lowest BCUT2D eigenvalue weighted by atomic mass is 10.0. The number of halogens is 2. The molecule has 8 heteroatoms. The van der Waals surface area contributed by atoms with Crippen molar-refractivity contribution in [3.8, 4) is 0 Å². The minimum Gasteiger partial charge on any atom is -0.324 e. The molecule has 1 aliphatic rings. The van der Waals surface area contributed by atoms with Crippen molar-refractivity contribution in [3.63, 3.8) is 0 Å². The molecule has 0 aromatic carbocycles. The Morgan fingerprint density at radius 3 is 2.84 bits per heavy atom. The monoisotopic (exact) mass is 328 g/mol. The van der Waals surface area contributed by atoms with E-state index in [0.717, 1.165) is 5.56 Å². The van der Waals surface area contributed by atoms with Crippen LogP contribution in [0.4, 0.5) is 0 Å². The number of pyridine rings is 1. The highest BCUT2D eigenvalue weighted by Crippen LogP contribution is 2.53. The zero-order valence-electron chi connectivity index (χ0n) is 10.6. The van der Waals surface area contributed by atoms with Crippen LogP contribution in [0.15, 0.2) is 24.5 Å². The van der Waals surface area contributed by atoms with Gasteiger partial charge in [0.25, 0.3) is 0 Å². The molecule has 3 unspecified atom stereocenters. The van der Waals surface area contributed by atoms with Gasteiger partial charge in [-0.25, -0.2) is 0 Å². The van der Waals surface area contributed by atoms with E-state index in [1.54, 1.807) is 19.3 Å². The molecule has 0 spiro atoms. The zero-order valence-corrected chi connectivity index (χ0v) is 13.1. The molecule has 2 heterocycles. The van der Waals surface area contributed by atoms with E-state index in [4.69, 9.17) is 4.52 Å². The molecule has 3 atom stereocenters. The Morgan fingerprint density at radius 2 is 2.26 bits per heavy atom. The SMILES string of the molecule is CCOP(=O)(O)C1CNCC1c1cccnc1.Cl.Cl. The van der Waals surface area contributed by atoms with Crippen molar-refractivity contribution in [2.24, 2.45) is 0 Å². The van der Waals surface area contributed by atoms with Crippen molar-refractivity contribution in [2.45, 2.75) is 18.5 Å². The van der Waals surface area contributed by atoms with Crippen molar-refractivity contribution >= 4 is 32.4 Å². The Labute approximate surface area is 125 Å². The van der Waals surface area contributed by atoms with E-state index in [1.807, 2.05) is 12.1 Å². The van der Waals surface area contributed by atoms with Crippen molar-refractivity contribution in [2.75, 3.05) is 19.7 Å². The lowest BCUT2D eigenvalue weighted by Crippen LogP contribution is -2.19. The van der Waals surface area contributed by atoms with E-state index in [1.165, 1.54) is 0 Å². The van der Waals surface area contributed by atoms with Gasteiger partial charge in [0.05, 0.1) is 12.3 Å². The van der Waals surface area contributed by atoms with Gasteiger partial charge in [-0.15, -0.1) is 24.8 Å². The van der Waals surface area contributed by atoms with Crippen LogP contribution in [0, 0.1) is 0 Å². The molecule has 110 valence electrons. The van der Waals surface area contributed by atoms with Crippen LogP contribution in [0.5, 0.6) is 0 Å². The molecule has 0 bridgehead atoms. The van der Waals surface area contributed by atoms with E-state index < -0.39 is 7.60 Å². The third-order valence-corrected chi connectivity index (χ3v) is 5.04. The Balaban J connectivity index is 0.00000162. The average Bonchev–Trinajstić information content (AvgIpc) is 2.79. The van der Waals surface area contributed by atoms with Crippen LogP contribution in [0.2, 0.25) is 0 Å². The summed E-state index contributed by atoms with van der Waals surface area (Å²) in [7, 11) is -3.55. The maximum Gasteiger partial charge on any atom is 0.333 e. The Hall–Kier alpha value is -0.160. The molecule has 1 fully saturated rings. The summed E-state index contributed by atoms with van der Waals surface area (Å²) in [5.74, 6) is -0.00826. The first kappa shape index (κ1) is 18.8. The minimum absolute atomic E-state index is 0. The smallest absolute Gasteiger partial charge is 0.324 e. The number of aromatic nitrogens is 1.